The van der Waals surface area contributed by atoms with Crippen LogP contribution < -0.4 is 30.9 Å². The van der Waals surface area contributed by atoms with Crippen LogP contribution in [0.5, 0.6) is 5.75 Å². The van der Waals surface area contributed by atoms with Crippen molar-refractivity contribution in [2.24, 2.45) is 16.7 Å². The van der Waals surface area contributed by atoms with Crippen molar-refractivity contribution in [3.8, 4) is 16.2 Å². The molecule has 17 nitrogen and oxygen atoms in total. The number of alkyl carbamates (subject to hydrolysis) is 1. The third-order valence-electron chi connectivity index (χ3n) is 15.9. The van der Waals surface area contributed by atoms with Crippen molar-refractivity contribution < 1.29 is 38.1 Å². The van der Waals surface area contributed by atoms with E-state index in [0.29, 0.717) is 29.8 Å². The molecule has 3 saturated heterocycles. The number of ether oxygens (including phenoxy) is 2. The van der Waals surface area contributed by atoms with Gasteiger partial charge < -0.3 is 50.5 Å². The molecule has 4 amide bonds. The maximum atomic E-state index is 14.7. The average molecular weight is 1180 g/mol. The quantitative estimate of drug-likeness (QED) is 0.0439. The number of hydrogen-bond donors (Lipinski definition) is 5. The van der Waals surface area contributed by atoms with Crippen molar-refractivity contribution in [3.05, 3.63) is 70.6 Å². The number of hydrogen-bond acceptors (Lipinski definition) is 15. The van der Waals surface area contributed by atoms with E-state index in [4.69, 9.17) is 31.0 Å². The van der Waals surface area contributed by atoms with Crippen LogP contribution in [0.2, 0.25) is 5.02 Å². The number of halogens is 2. The lowest BCUT2D eigenvalue weighted by atomic mass is 9.80. The number of anilines is 2. The standard InChI is InChI=1S/C60H84ClFN10O7S2/c1-39-51(80-38-68-39)41-16-17-42(33-66-53(74)45-31-43(73)36-72(45)54(75)52(57(2,3)4)69-55(76)60(62)20-21-60)46(30-41)78-29-12-10-9-11-24-70-25-18-40(19-26-70)32-63-44-14-13-15-47(50(44)61)81-49-35-64-48(34-65-49)71-27-22-59(8,23-28-71)37-67-56(77)79-58(5,6)7/h13-17,30,34-35,38,40,43,45,52,63,73H,9-12,18-29,31-33,36-37H2,1-8H3,(H,66,74)(H,67,77)(H,69,76)/t43-,45+,52-/m1/s1. The van der Waals surface area contributed by atoms with Gasteiger partial charge in [-0.25, -0.2) is 24.1 Å². The van der Waals surface area contributed by atoms with Crippen molar-refractivity contribution in [2.45, 2.75) is 172 Å². The fourth-order valence-corrected chi connectivity index (χ4v) is 12.5. The topological polar surface area (TPSA) is 203 Å². The molecule has 5 heterocycles. The molecule has 5 N–H and O–H groups in total. The van der Waals surface area contributed by atoms with Gasteiger partial charge in [-0.2, -0.15) is 0 Å². The van der Waals surface area contributed by atoms with Gasteiger partial charge in [0.15, 0.2) is 5.67 Å². The Labute approximate surface area is 491 Å². The number of benzene rings is 2. The van der Waals surface area contributed by atoms with Crippen LogP contribution in [0.3, 0.4) is 0 Å². The number of thiazole rings is 1. The molecule has 81 heavy (non-hydrogen) atoms. The predicted octanol–water partition coefficient (Wildman–Crippen LogP) is 10.2. The van der Waals surface area contributed by atoms with Gasteiger partial charge in [0.05, 0.1) is 51.9 Å². The lowest BCUT2D eigenvalue weighted by molar-refractivity contribution is -0.145. The maximum Gasteiger partial charge on any atom is 0.407 e. The number of piperidine rings is 2. The molecule has 0 bridgehead atoms. The summed E-state index contributed by atoms with van der Waals surface area (Å²) < 4.78 is 26.6. The van der Waals surface area contributed by atoms with E-state index in [2.05, 4.69) is 43.0 Å². The summed E-state index contributed by atoms with van der Waals surface area (Å²) in [6.45, 7) is 22.0. The first-order valence-electron chi connectivity index (χ1n) is 28.8. The Hall–Kier alpha value is -5.28. The van der Waals surface area contributed by atoms with E-state index in [1.165, 1.54) is 16.7 Å². The van der Waals surface area contributed by atoms with Crippen LogP contribution in [0.15, 0.2) is 64.2 Å². The summed E-state index contributed by atoms with van der Waals surface area (Å²) in [5.74, 6) is 0.280. The number of rotatable bonds is 23. The van der Waals surface area contributed by atoms with E-state index >= 15 is 0 Å². The third-order valence-corrected chi connectivity index (χ3v) is 18.4. The molecular weight excluding hydrogens is 1090 g/mol. The molecule has 21 heteroatoms. The molecule has 3 atom stereocenters. The molecule has 8 rings (SSSR count). The number of aryl methyl sites for hydroxylation is 1. The van der Waals surface area contributed by atoms with Crippen LogP contribution in [0.1, 0.15) is 130 Å². The van der Waals surface area contributed by atoms with Gasteiger partial charge in [-0.15, -0.1) is 11.3 Å². The summed E-state index contributed by atoms with van der Waals surface area (Å²) in [7, 11) is 0. The highest BCUT2D eigenvalue weighted by molar-refractivity contribution is 7.99. The predicted molar refractivity (Wildman–Crippen MR) is 318 cm³/mol. The summed E-state index contributed by atoms with van der Waals surface area (Å²) in [6.07, 6.45) is 10.8. The first-order chi connectivity index (χ1) is 38.5. The number of unbranched alkanes of at least 4 members (excludes halogenated alkanes) is 3. The normalized spacial score (nSPS) is 19.6. The largest absolute Gasteiger partial charge is 0.493 e. The molecule has 1 saturated carbocycles. The van der Waals surface area contributed by atoms with Crippen LogP contribution in [-0.4, -0.2) is 142 Å². The molecule has 0 radical (unpaired) electrons. The zero-order chi connectivity index (χ0) is 58.1. The minimum atomic E-state index is -1.96. The second-order valence-corrected chi connectivity index (χ2v) is 27.3. The Morgan fingerprint density at radius 2 is 1.68 bits per heavy atom. The fourth-order valence-electron chi connectivity index (χ4n) is 10.6. The van der Waals surface area contributed by atoms with Crippen molar-refractivity contribution in [3.63, 3.8) is 0 Å². The second kappa shape index (κ2) is 27.0. The highest BCUT2D eigenvalue weighted by Crippen LogP contribution is 2.41. The molecule has 1 aliphatic carbocycles. The van der Waals surface area contributed by atoms with Crippen LogP contribution in [0.25, 0.3) is 10.4 Å². The average Bonchev–Trinajstić information content (AvgIpc) is 3.96. The minimum Gasteiger partial charge on any atom is -0.493 e. The molecule has 4 aliphatic rings. The van der Waals surface area contributed by atoms with Crippen molar-refractivity contribution in [2.75, 3.05) is 69.2 Å². The van der Waals surface area contributed by atoms with Gasteiger partial charge in [0.25, 0.3) is 5.91 Å². The van der Waals surface area contributed by atoms with Crippen LogP contribution in [0.4, 0.5) is 20.7 Å². The summed E-state index contributed by atoms with van der Waals surface area (Å²) in [5.41, 5.74) is 2.13. The van der Waals surface area contributed by atoms with E-state index in [1.54, 1.807) is 32.1 Å². The van der Waals surface area contributed by atoms with Gasteiger partial charge in [0, 0.05) is 56.1 Å². The van der Waals surface area contributed by atoms with Gasteiger partial charge >= 0.3 is 6.09 Å². The van der Waals surface area contributed by atoms with Gasteiger partial charge in [0.2, 0.25) is 11.8 Å². The van der Waals surface area contributed by atoms with E-state index < -0.39 is 52.6 Å². The van der Waals surface area contributed by atoms with Crippen molar-refractivity contribution in [1.29, 1.82) is 0 Å². The summed E-state index contributed by atoms with van der Waals surface area (Å²) in [6, 6.07) is 9.96. The Bertz CT molecular complexity index is 2790. The SMILES string of the molecule is Cc1ncsc1-c1ccc(CNC(=O)[C@@H]2C[C@@H](O)CN2C(=O)[C@@H](NC(=O)C2(F)CC2)C(C)(C)C)c(OCCCCCCN2CCC(CNc3cccc(Sc4cnc(N5CCC(C)(CNC(=O)OC(C)(C)C)CC5)cn4)c3Cl)CC2)c1. The first-order valence-corrected chi connectivity index (χ1v) is 30.9. The van der Waals surface area contributed by atoms with Gasteiger partial charge in [-0.05, 0) is 139 Å². The summed E-state index contributed by atoms with van der Waals surface area (Å²) in [4.78, 5) is 74.9. The Morgan fingerprint density at radius 3 is 2.35 bits per heavy atom. The molecular formula is C60H84ClFN10O7S2. The number of β-amino-alcohol motifs (C(OH)–C–C–N with tert-alkyl or cyclic N) is 1. The highest BCUT2D eigenvalue weighted by Gasteiger charge is 2.53. The molecule has 2 aromatic heterocycles. The number of carbonyl (C=O) groups is 4. The van der Waals surface area contributed by atoms with Crippen LogP contribution in [0, 0.1) is 23.7 Å². The van der Waals surface area contributed by atoms with Crippen LogP contribution >= 0.6 is 34.7 Å². The fraction of sp³-hybridized carbons (Fsp3) is 0.617. The van der Waals surface area contributed by atoms with Crippen molar-refractivity contribution >= 4 is 70.0 Å². The number of likely N-dealkylation sites (tertiary alicyclic amines) is 2. The molecule has 0 unspecified atom stereocenters. The number of amides is 4. The van der Waals surface area contributed by atoms with Gasteiger partial charge in [-0.3, -0.25) is 14.4 Å². The Balaban J connectivity index is 0.737. The maximum absolute atomic E-state index is 14.7. The molecule has 0 spiro atoms. The van der Waals surface area contributed by atoms with E-state index in [-0.39, 0.29) is 43.9 Å². The highest BCUT2D eigenvalue weighted by atomic mass is 35.5. The Morgan fingerprint density at radius 1 is 0.938 bits per heavy atom. The summed E-state index contributed by atoms with van der Waals surface area (Å²) >= 11 is 10.0. The number of aliphatic hydroxyl groups is 1. The lowest BCUT2D eigenvalue weighted by Gasteiger charge is -2.40. The van der Waals surface area contributed by atoms with Crippen LogP contribution in [-0.2, 0) is 25.7 Å². The number of aromatic nitrogens is 3. The monoisotopic (exact) mass is 1170 g/mol. The molecule has 442 valence electrons. The first kappa shape index (κ1) is 61.8. The minimum absolute atomic E-state index is 0.0183. The number of aliphatic hydroxyl groups excluding tert-OH is 1. The molecule has 3 aliphatic heterocycles. The Kier molecular flexibility index (Phi) is 20.6. The number of nitrogens with zero attached hydrogens (tertiary/aromatic N) is 6. The summed E-state index contributed by atoms with van der Waals surface area (Å²) in [5, 5.41) is 24.4. The second-order valence-electron chi connectivity index (χ2n) is 25.0. The number of alkyl halides is 1. The molecule has 4 aromatic rings. The van der Waals surface area contributed by atoms with E-state index in [0.717, 1.165) is 134 Å². The molecule has 4 fully saturated rings. The number of carbonyl (C=O) groups excluding carboxylic acids is 4. The third kappa shape index (κ3) is 17.2. The van der Waals surface area contributed by atoms with Gasteiger partial charge in [0.1, 0.15) is 34.3 Å². The van der Waals surface area contributed by atoms with E-state index in [1.807, 2.05) is 82.0 Å². The lowest BCUT2D eigenvalue weighted by Crippen LogP contribution is -2.59. The van der Waals surface area contributed by atoms with E-state index in [9.17, 15) is 28.7 Å². The van der Waals surface area contributed by atoms with Gasteiger partial charge in [-0.1, -0.05) is 82.1 Å². The smallest absolute Gasteiger partial charge is 0.407 e. The zero-order valence-electron chi connectivity index (χ0n) is 48.5. The zero-order valence-corrected chi connectivity index (χ0v) is 50.9. The molecule has 2 aromatic carbocycles. The van der Waals surface area contributed by atoms with Crippen molar-refractivity contribution in [1.82, 2.24) is 40.7 Å². The number of nitrogens with one attached hydrogen (secondary N) is 4.